The second-order valence-electron chi connectivity index (χ2n) is 5.21. The van der Waals surface area contributed by atoms with Crippen molar-refractivity contribution in [3.63, 3.8) is 0 Å². The maximum atomic E-state index is 5.69. The molecule has 0 radical (unpaired) electrons. The molecule has 0 saturated carbocycles. The van der Waals surface area contributed by atoms with E-state index >= 15 is 0 Å². The van der Waals surface area contributed by atoms with E-state index in [0.717, 1.165) is 18.1 Å². The van der Waals surface area contributed by atoms with Crippen LogP contribution in [0.15, 0.2) is 16.5 Å². The fourth-order valence-electron chi connectivity index (χ4n) is 2.48. The van der Waals surface area contributed by atoms with Gasteiger partial charge < -0.3 is 9.73 Å². The van der Waals surface area contributed by atoms with Gasteiger partial charge in [0.25, 0.3) is 0 Å². The van der Waals surface area contributed by atoms with E-state index in [1.54, 1.807) is 0 Å². The summed E-state index contributed by atoms with van der Waals surface area (Å²) in [6.45, 7) is 6.48. The number of hydrogen-bond donors (Lipinski definition) is 1. The zero-order valence-electron chi connectivity index (χ0n) is 11.2. The molecule has 0 bridgehead atoms. The fourth-order valence-corrected chi connectivity index (χ4v) is 2.48. The smallest absolute Gasteiger partial charge is 0.121 e. The number of nitrogens with zero attached hydrogens (tertiary/aromatic N) is 1. The molecular formula is C14H24N2O. The molecular weight excluding hydrogens is 212 g/mol. The second kappa shape index (κ2) is 5.69. The number of likely N-dealkylation sites (N-methyl/N-ethyl adjacent to an activating group) is 1. The van der Waals surface area contributed by atoms with E-state index in [9.17, 15) is 0 Å². The van der Waals surface area contributed by atoms with E-state index in [0.29, 0.717) is 12.1 Å². The zero-order chi connectivity index (χ0) is 12.3. The average molecular weight is 236 g/mol. The Kier molecular flexibility index (Phi) is 4.24. The SMILES string of the molecule is Cc1ccc(C(C)N(C)CC2CCCCN2)o1. The van der Waals surface area contributed by atoms with Crippen LogP contribution in [0.3, 0.4) is 0 Å². The van der Waals surface area contributed by atoms with Crippen molar-refractivity contribution in [1.82, 2.24) is 10.2 Å². The van der Waals surface area contributed by atoms with E-state index in [1.165, 1.54) is 25.8 Å². The van der Waals surface area contributed by atoms with Crippen molar-refractivity contribution in [2.24, 2.45) is 0 Å². The van der Waals surface area contributed by atoms with Crippen LogP contribution in [0.1, 0.15) is 43.7 Å². The van der Waals surface area contributed by atoms with Gasteiger partial charge in [0.05, 0.1) is 6.04 Å². The highest BCUT2D eigenvalue weighted by atomic mass is 16.3. The van der Waals surface area contributed by atoms with Gasteiger partial charge in [0.2, 0.25) is 0 Å². The largest absolute Gasteiger partial charge is 0.465 e. The first-order chi connectivity index (χ1) is 8.16. The molecule has 17 heavy (non-hydrogen) atoms. The molecule has 1 N–H and O–H groups in total. The molecule has 96 valence electrons. The van der Waals surface area contributed by atoms with Crippen molar-refractivity contribution in [2.45, 2.75) is 45.2 Å². The zero-order valence-corrected chi connectivity index (χ0v) is 11.2. The first-order valence-corrected chi connectivity index (χ1v) is 6.67. The Hall–Kier alpha value is -0.800. The molecule has 3 nitrogen and oxygen atoms in total. The van der Waals surface area contributed by atoms with Gasteiger partial charge in [-0.15, -0.1) is 0 Å². The molecule has 1 fully saturated rings. The van der Waals surface area contributed by atoms with E-state index in [1.807, 2.05) is 13.0 Å². The Morgan fingerprint density at radius 1 is 1.47 bits per heavy atom. The molecule has 1 aromatic rings. The molecule has 0 spiro atoms. The number of furan rings is 1. The van der Waals surface area contributed by atoms with Gasteiger partial charge in [-0.25, -0.2) is 0 Å². The third-order valence-electron chi connectivity index (χ3n) is 3.75. The van der Waals surface area contributed by atoms with E-state index in [-0.39, 0.29) is 0 Å². The van der Waals surface area contributed by atoms with Crippen molar-refractivity contribution in [3.05, 3.63) is 23.7 Å². The van der Waals surface area contributed by atoms with Crippen molar-refractivity contribution < 1.29 is 4.42 Å². The maximum Gasteiger partial charge on any atom is 0.121 e. The Balaban J connectivity index is 1.88. The number of aryl methyl sites for hydroxylation is 1. The highest BCUT2D eigenvalue weighted by molar-refractivity contribution is 5.09. The number of rotatable bonds is 4. The third-order valence-corrected chi connectivity index (χ3v) is 3.75. The van der Waals surface area contributed by atoms with Gasteiger partial charge in [-0.05, 0) is 52.4 Å². The van der Waals surface area contributed by atoms with Gasteiger partial charge in [-0.1, -0.05) is 6.42 Å². The minimum Gasteiger partial charge on any atom is -0.465 e. The highest BCUT2D eigenvalue weighted by Crippen LogP contribution is 2.21. The molecule has 2 atom stereocenters. The Labute approximate surface area is 104 Å². The molecule has 1 saturated heterocycles. The normalized spacial score (nSPS) is 22.9. The van der Waals surface area contributed by atoms with Crippen LogP contribution >= 0.6 is 0 Å². The molecule has 3 heteroatoms. The summed E-state index contributed by atoms with van der Waals surface area (Å²) in [6.07, 6.45) is 3.99. The van der Waals surface area contributed by atoms with Crippen LogP contribution in [0.4, 0.5) is 0 Å². The summed E-state index contributed by atoms with van der Waals surface area (Å²) in [7, 11) is 2.18. The molecule has 1 aliphatic rings. The summed E-state index contributed by atoms with van der Waals surface area (Å²) >= 11 is 0. The van der Waals surface area contributed by atoms with E-state index in [4.69, 9.17) is 4.42 Å². The lowest BCUT2D eigenvalue weighted by atomic mass is 10.0. The Morgan fingerprint density at radius 3 is 2.88 bits per heavy atom. The summed E-state index contributed by atoms with van der Waals surface area (Å²) in [6, 6.07) is 5.13. The molecule has 1 aromatic heterocycles. The summed E-state index contributed by atoms with van der Waals surface area (Å²) < 4.78 is 5.69. The number of hydrogen-bond acceptors (Lipinski definition) is 3. The topological polar surface area (TPSA) is 28.4 Å². The summed E-state index contributed by atoms with van der Waals surface area (Å²) in [5.41, 5.74) is 0. The van der Waals surface area contributed by atoms with Gasteiger partial charge in [0.1, 0.15) is 11.5 Å². The standard InChI is InChI=1S/C14H24N2O/c1-11-7-8-14(17-11)12(2)16(3)10-13-6-4-5-9-15-13/h7-8,12-13,15H,4-6,9-10H2,1-3H3. The molecule has 1 aliphatic heterocycles. The second-order valence-corrected chi connectivity index (χ2v) is 5.21. The minimum atomic E-state index is 0.354. The maximum absolute atomic E-state index is 5.69. The van der Waals surface area contributed by atoms with Crippen LogP contribution in [0.2, 0.25) is 0 Å². The lowest BCUT2D eigenvalue weighted by Crippen LogP contribution is -2.43. The predicted molar refractivity (Wildman–Crippen MR) is 70.1 cm³/mol. The lowest BCUT2D eigenvalue weighted by molar-refractivity contribution is 0.194. The highest BCUT2D eigenvalue weighted by Gasteiger charge is 2.20. The first kappa shape index (κ1) is 12.7. The monoisotopic (exact) mass is 236 g/mol. The molecule has 0 aromatic carbocycles. The predicted octanol–water partition coefficient (Wildman–Crippen LogP) is 2.72. The van der Waals surface area contributed by atoms with E-state index < -0.39 is 0 Å². The van der Waals surface area contributed by atoms with Crippen molar-refractivity contribution in [3.8, 4) is 0 Å². The van der Waals surface area contributed by atoms with Crippen molar-refractivity contribution in [1.29, 1.82) is 0 Å². The number of piperidine rings is 1. The van der Waals surface area contributed by atoms with Gasteiger partial charge in [-0.3, -0.25) is 4.90 Å². The molecule has 2 rings (SSSR count). The quantitative estimate of drug-likeness (QED) is 0.871. The lowest BCUT2D eigenvalue weighted by Gasteiger charge is -2.30. The van der Waals surface area contributed by atoms with Crippen molar-refractivity contribution in [2.75, 3.05) is 20.1 Å². The Bertz CT molecular complexity index is 342. The van der Waals surface area contributed by atoms with Crippen LogP contribution < -0.4 is 5.32 Å². The van der Waals surface area contributed by atoms with Crippen LogP contribution in [-0.2, 0) is 0 Å². The van der Waals surface area contributed by atoms with Crippen molar-refractivity contribution >= 4 is 0 Å². The number of nitrogens with one attached hydrogen (secondary N) is 1. The van der Waals surface area contributed by atoms with Crippen LogP contribution in [-0.4, -0.2) is 31.1 Å². The fraction of sp³-hybridized carbons (Fsp3) is 0.714. The molecule has 2 unspecified atom stereocenters. The summed E-state index contributed by atoms with van der Waals surface area (Å²) in [5, 5.41) is 3.59. The molecule has 0 amide bonds. The Morgan fingerprint density at radius 2 is 2.29 bits per heavy atom. The van der Waals surface area contributed by atoms with E-state index in [2.05, 4.69) is 30.3 Å². The summed E-state index contributed by atoms with van der Waals surface area (Å²) in [5.74, 6) is 2.07. The van der Waals surface area contributed by atoms with Crippen LogP contribution in [0, 0.1) is 6.92 Å². The molecule has 0 aliphatic carbocycles. The van der Waals surface area contributed by atoms with Gasteiger partial charge >= 0.3 is 0 Å². The van der Waals surface area contributed by atoms with Crippen LogP contribution in [0.5, 0.6) is 0 Å². The third kappa shape index (κ3) is 3.33. The van der Waals surface area contributed by atoms with Gasteiger partial charge in [0.15, 0.2) is 0 Å². The summed E-state index contributed by atoms with van der Waals surface area (Å²) in [4.78, 5) is 2.38. The van der Waals surface area contributed by atoms with Crippen LogP contribution in [0.25, 0.3) is 0 Å². The minimum absolute atomic E-state index is 0.354. The average Bonchev–Trinajstić information content (AvgIpc) is 2.76. The first-order valence-electron chi connectivity index (χ1n) is 6.67. The molecule has 2 heterocycles. The van der Waals surface area contributed by atoms with Gasteiger partial charge in [0, 0.05) is 12.6 Å². The van der Waals surface area contributed by atoms with Gasteiger partial charge in [-0.2, -0.15) is 0 Å².